The maximum absolute atomic E-state index is 12.0. The lowest BCUT2D eigenvalue weighted by atomic mass is 9.87. The van der Waals surface area contributed by atoms with Gasteiger partial charge in [0.25, 0.3) is 0 Å². The summed E-state index contributed by atoms with van der Waals surface area (Å²) in [5.74, 6) is 0.349. The molecule has 1 unspecified atom stereocenters. The lowest BCUT2D eigenvalue weighted by Gasteiger charge is -2.19. The molecule has 20 heavy (non-hydrogen) atoms. The molecule has 0 aliphatic heterocycles. The molecule has 0 radical (unpaired) electrons. The van der Waals surface area contributed by atoms with Crippen molar-refractivity contribution in [3.05, 3.63) is 51.3 Å². The van der Waals surface area contributed by atoms with Gasteiger partial charge in [-0.2, -0.15) is 0 Å². The van der Waals surface area contributed by atoms with Gasteiger partial charge in [-0.05, 0) is 44.0 Å². The molecule has 4 nitrogen and oxygen atoms in total. The maximum Gasteiger partial charge on any atom is 0.424 e. The minimum atomic E-state index is -0.401. The minimum Gasteiger partial charge on any atom is -0.412 e. The van der Waals surface area contributed by atoms with Crippen LogP contribution in [0.2, 0.25) is 5.02 Å². The first-order valence-electron chi connectivity index (χ1n) is 6.56. The fraction of sp³-hybridized carbons (Fsp3) is 0.333. The zero-order valence-corrected chi connectivity index (χ0v) is 11.8. The Morgan fingerprint density at radius 3 is 2.70 bits per heavy atom. The van der Waals surface area contributed by atoms with E-state index >= 15 is 0 Å². The lowest BCUT2D eigenvalue weighted by molar-refractivity contribution is -0.121. The summed E-state index contributed by atoms with van der Waals surface area (Å²) >= 11 is 5.86. The van der Waals surface area contributed by atoms with E-state index in [1.807, 2.05) is 0 Å². The van der Waals surface area contributed by atoms with Gasteiger partial charge < -0.3 is 4.42 Å². The third-order valence-electron chi connectivity index (χ3n) is 3.81. The third-order valence-corrected chi connectivity index (χ3v) is 4.06. The van der Waals surface area contributed by atoms with Crippen LogP contribution in [0, 0.1) is 5.92 Å². The fourth-order valence-corrected chi connectivity index (χ4v) is 2.82. The van der Waals surface area contributed by atoms with Crippen molar-refractivity contribution in [1.29, 1.82) is 0 Å². The molecule has 5 heteroatoms. The molecule has 2 aromatic rings. The highest BCUT2D eigenvalue weighted by Gasteiger charge is 2.28. The lowest BCUT2D eigenvalue weighted by Crippen LogP contribution is -2.22. The third kappa shape index (κ3) is 2.20. The summed E-state index contributed by atoms with van der Waals surface area (Å²) < 4.78 is 6.90. The Hall–Kier alpha value is -1.81. The Kier molecular flexibility index (Phi) is 3.26. The quantitative estimate of drug-likeness (QED) is 0.855. The van der Waals surface area contributed by atoms with Crippen LogP contribution in [0.3, 0.4) is 0 Å². The van der Waals surface area contributed by atoms with E-state index in [2.05, 4.69) is 0 Å². The summed E-state index contributed by atoms with van der Waals surface area (Å²) in [4.78, 5) is 23.5. The number of carbonyl (C=O) groups excluding carboxylic acids is 1. The van der Waals surface area contributed by atoms with Gasteiger partial charge in [-0.25, -0.2) is 9.36 Å². The van der Waals surface area contributed by atoms with Crippen LogP contribution in [0.15, 0.2) is 33.5 Å². The number of ketones is 1. The van der Waals surface area contributed by atoms with Crippen LogP contribution in [0.5, 0.6) is 0 Å². The van der Waals surface area contributed by atoms with Crippen LogP contribution < -0.4 is 5.76 Å². The Bertz CT molecular complexity index is 712. The van der Waals surface area contributed by atoms with Crippen molar-refractivity contribution in [2.24, 2.45) is 5.92 Å². The highest BCUT2D eigenvalue weighted by atomic mass is 35.5. The SMILES string of the molecule is CC(=O)C1CCc2c(oc(=O)n2-c2ccc(Cl)cc2)C1. The van der Waals surface area contributed by atoms with Crippen LogP contribution in [0.1, 0.15) is 24.8 Å². The molecular formula is C15H14ClNO3. The average molecular weight is 292 g/mol. The van der Waals surface area contributed by atoms with Crippen molar-refractivity contribution < 1.29 is 9.21 Å². The number of hydrogen-bond donors (Lipinski definition) is 0. The van der Waals surface area contributed by atoms with E-state index in [1.165, 1.54) is 0 Å². The Morgan fingerprint density at radius 2 is 2.05 bits per heavy atom. The predicted molar refractivity (Wildman–Crippen MR) is 75.5 cm³/mol. The Morgan fingerprint density at radius 1 is 1.35 bits per heavy atom. The van der Waals surface area contributed by atoms with E-state index in [1.54, 1.807) is 35.8 Å². The highest BCUT2D eigenvalue weighted by Crippen LogP contribution is 2.27. The van der Waals surface area contributed by atoms with Crippen molar-refractivity contribution in [3.8, 4) is 5.69 Å². The number of fused-ring (bicyclic) bond motifs is 1. The van der Waals surface area contributed by atoms with Crippen LogP contribution >= 0.6 is 11.6 Å². The second kappa shape index (κ2) is 4.94. The number of oxazole rings is 1. The van der Waals surface area contributed by atoms with Gasteiger partial charge in [-0.15, -0.1) is 0 Å². The van der Waals surface area contributed by atoms with Crippen molar-refractivity contribution >= 4 is 17.4 Å². The minimum absolute atomic E-state index is 0.0354. The first-order chi connectivity index (χ1) is 9.56. The number of hydrogen-bond acceptors (Lipinski definition) is 3. The molecular weight excluding hydrogens is 278 g/mol. The second-order valence-corrected chi connectivity index (χ2v) is 5.54. The van der Waals surface area contributed by atoms with Crippen LogP contribution in [-0.4, -0.2) is 10.4 Å². The van der Waals surface area contributed by atoms with Crippen molar-refractivity contribution in [3.63, 3.8) is 0 Å². The molecule has 0 saturated heterocycles. The van der Waals surface area contributed by atoms with E-state index in [0.29, 0.717) is 23.6 Å². The van der Waals surface area contributed by atoms with Gasteiger partial charge in [0.05, 0.1) is 11.4 Å². The van der Waals surface area contributed by atoms with Crippen LogP contribution in [-0.2, 0) is 17.6 Å². The number of carbonyl (C=O) groups is 1. The van der Waals surface area contributed by atoms with Crippen molar-refractivity contribution in [2.75, 3.05) is 0 Å². The molecule has 0 amide bonds. The summed E-state index contributed by atoms with van der Waals surface area (Å²) in [6.07, 6.45) is 1.95. The molecule has 0 spiro atoms. The summed E-state index contributed by atoms with van der Waals surface area (Å²) in [6, 6.07) is 7.06. The standard InChI is InChI=1S/C15H14ClNO3/c1-9(18)10-2-7-13-14(8-10)20-15(19)17(13)12-5-3-11(16)4-6-12/h3-6,10H,2,7-8H2,1H3. The van der Waals surface area contributed by atoms with Crippen molar-refractivity contribution in [2.45, 2.75) is 26.2 Å². The number of nitrogens with zero attached hydrogens (tertiary/aromatic N) is 1. The van der Waals surface area contributed by atoms with Gasteiger partial charge in [-0.3, -0.25) is 4.79 Å². The van der Waals surface area contributed by atoms with E-state index in [-0.39, 0.29) is 11.7 Å². The van der Waals surface area contributed by atoms with E-state index in [4.69, 9.17) is 16.0 Å². The number of halogens is 1. The topological polar surface area (TPSA) is 52.2 Å². The molecule has 1 aromatic carbocycles. The molecule has 1 aliphatic rings. The smallest absolute Gasteiger partial charge is 0.412 e. The number of benzene rings is 1. The van der Waals surface area contributed by atoms with Gasteiger partial charge in [0, 0.05) is 17.4 Å². The summed E-state index contributed by atoms with van der Waals surface area (Å²) in [5.41, 5.74) is 1.61. The molecule has 3 rings (SSSR count). The van der Waals surface area contributed by atoms with Gasteiger partial charge in [0.15, 0.2) is 0 Å². The number of rotatable bonds is 2. The first-order valence-corrected chi connectivity index (χ1v) is 6.94. The Labute approximate surface area is 121 Å². The fourth-order valence-electron chi connectivity index (χ4n) is 2.69. The first kappa shape index (κ1) is 13.2. The number of aromatic nitrogens is 1. The maximum atomic E-state index is 12.0. The molecule has 0 bridgehead atoms. The van der Waals surface area contributed by atoms with Gasteiger partial charge in [0.1, 0.15) is 11.5 Å². The second-order valence-electron chi connectivity index (χ2n) is 5.10. The molecule has 104 valence electrons. The normalized spacial score (nSPS) is 17.8. The van der Waals surface area contributed by atoms with Gasteiger partial charge in [0.2, 0.25) is 0 Å². The monoisotopic (exact) mass is 291 g/mol. The Balaban J connectivity index is 2.05. The molecule has 1 aromatic heterocycles. The molecule has 0 saturated carbocycles. The highest BCUT2D eigenvalue weighted by molar-refractivity contribution is 6.30. The van der Waals surface area contributed by atoms with E-state index in [0.717, 1.165) is 17.8 Å². The summed E-state index contributed by atoms with van der Waals surface area (Å²) in [6.45, 7) is 1.59. The molecule has 0 N–H and O–H groups in total. The average Bonchev–Trinajstić information content (AvgIpc) is 2.74. The van der Waals surface area contributed by atoms with Crippen LogP contribution in [0.25, 0.3) is 5.69 Å². The van der Waals surface area contributed by atoms with Crippen LogP contribution in [0.4, 0.5) is 0 Å². The van der Waals surface area contributed by atoms with E-state index < -0.39 is 5.76 Å². The number of Topliss-reactive ketones (excluding diaryl/α,β-unsaturated/α-hetero) is 1. The van der Waals surface area contributed by atoms with E-state index in [9.17, 15) is 9.59 Å². The van der Waals surface area contributed by atoms with Gasteiger partial charge >= 0.3 is 5.76 Å². The summed E-state index contributed by atoms with van der Waals surface area (Å²) in [5, 5.41) is 0.621. The summed E-state index contributed by atoms with van der Waals surface area (Å²) in [7, 11) is 0. The zero-order valence-electron chi connectivity index (χ0n) is 11.1. The molecule has 1 heterocycles. The predicted octanol–water partition coefficient (Wildman–Crippen LogP) is 2.78. The van der Waals surface area contributed by atoms with Crippen molar-refractivity contribution in [1.82, 2.24) is 4.57 Å². The molecule has 1 atom stereocenters. The molecule has 1 aliphatic carbocycles. The van der Waals surface area contributed by atoms with Gasteiger partial charge in [-0.1, -0.05) is 11.6 Å². The molecule has 0 fully saturated rings. The largest absolute Gasteiger partial charge is 0.424 e. The zero-order chi connectivity index (χ0) is 14.3.